The molecule has 4 nitrogen and oxygen atoms in total. The van der Waals surface area contributed by atoms with E-state index in [1.54, 1.807) is 0 Å². The van der Waals surface area contributed by atoms with Crippen molar-refractivity contribution in [2.45, 2.75) is 32.4 Å². The van der Waals surface area contributed by atoms with Gasteiger partial charge in [-0.25, -0.2) is 8.42 Å². The molecule has 1 aromatic rings. The van der Waals surface area contributed by atoms with Crippen LogP contribution in [0, 0.1) is 6.92 Å². The zero-order chi connectivity index (χ0) is 14.8. The van der Waals surface area contributed by atoms with Crippen molar-refractivity contribution in [2.24, 2.45) is 0 Å². The molecule has 1 aliphatic carbocycles. The van der Waals surface area contributed by atoms with E-state index in [4.69, 9.17) is 0 Å². The standard InChI is InChI=1S/C15H24N2O2S/c1-12-10-13(11-16-14-5-6-14)4-7-15(12)17(2)8-9-20(3,18)19/h4,7,10,14,16H,5-6,8-9,11H2,1-3H3. The van der Waals surface area contributed by atoms with Crippen molar-refractivity contribution in [1.29, 1.82) is 0 Å². The van der Waals surface area contributed by atoms with Crippen LogP contribution in [0.1, 0.15) is 24.0 Å². The van der Waals surface area contributed by atoms with Gasteiger partial charge in [0.25, 0.3) is 0 Å². The number of nitrogens with one attached hydrogen (secondary N) is 1. The van der Waals surface area contributed by atoms with E-state index >= 15 is 0 Å². The summed E-state index contributed by atoms with van der Waals surface area (Å²) in [6.07, 6.45) is 3.87. The molecule has 0 heterocycles. The minimum Gasteiger partial charge on any atom is -0.373 e. The highest BCUT2D eigenvalue weighted by atomic mass is 32.2. The molecule has 0 aromatic heterocycles. The van der Waals surface area contributed by atoms with E-state index in [0.717, 1.165) is 12.2 Å². The van der Waals surface area contributed by atoms with E-state index in [0.29, 0.717) is 12.6 Å². The second kappa shape index (κ2) is 6.14. The maximum Gasteiger partial charge on any atom is 0.149 e. The van der Waals surface area contributed by atoms with E-state index in [-0.39, 0.29) is 5.75 Å². The Labute approximate surface area is 122 Å². The van der Waals surface area contributed by atoms with Gasteiger partial charge in [-0.05, 0) is 37.0 Å². The lowest BCUT2D eigenvalue weighted by Crippen LogP contribution is -2.25. The van der Waals surface area contributed by atoms with Crippen molar-refractivity contribution < 1.29 is 8.42 Å². The van der Waals surface area contributed by atoms with Gasteiger partial charge in [-0.2, -0.15) is 0 Å². The van der Waals surface area contributed by atoms with Crippen LogP contribution in [0.4, 0.5) is 5.69 Å². The smallest absolute Gasteiger partial charge is 0.149 e. The molecule has 0 amide bonds. The Balaban J connectivity index is 1.96. The number of rotatable bonds is 7. The van der Waals surface area contributed by atoms with Gasteiger partial charge in [0.1, 0.15) is 9.84 Å². The fraction of sp³-hybridized carbons (Fsp3) is 0.600. The molecule has 0 aliphatic heterocycles. The topological polar surface area (TPSA) is 49.4 Å². The Morgan fingerprint density at radius 3 is 2.60 bits per heavy atom. The monoisotopic (exact) mass is 296 g/mol. The van der Waals surface area contributed by atoms with Gasteiger partial charge in [-0.1, -0.05) is 12.1 Å². The molecule has 20 heavy (non-hydrogen) atoms. The Kier molecular flexibility index (Phi) is 4.70. The molecule has 1 aliphatic rings. The quantitative estimate of drug-likeness (QED) is 0.832. The summed E-state index contributed by atoms with van der Waals surface area (Å²) in [4.78, 5) is 2.01. The summed E-state index contributed by atoms with van der Waals surface area (Å²) in [5.41, 5.74) is 3.58. The first kappa shape index (κ1) is 15.3. The summed E-state index contributed by atoms with van der Waals surface area (Å²) in [6, 6.07) is 7.10. The Morgan fingerprint density at radius 2 is 2.05 bits per heavy atom. The minimum atomic E-state index is -2.91. The van der Waals surface area contributed by atoms with Gasteiger partial charge < -0.3 is 10.2 Å². The summed E-state index contributed by atoms with van der Waals surface area (Å²) in [5, 5.41) is 3.50. The summed E-state index contributed by atoms with van der Waals surface area (Å²) in [5.74, 6) is 0.188. The molecule has 0 saturated heterocycles. The van der Waals surface area contributed by atoms with Crippen LogP contribution in [0.3, 0.4) is 0 Å². The van der Waals surface area contributed by atoms with Crippen molar-refractivity contribution >= 4 is 15.5 Å². The van der Waals surface area contributed by atoms with E-state index in [9.17, 15) is 8.42 Å². The average molecular weight is 296 g/mol. The molecule has 1 saturated carbocycles. The number of sulfone groups is 1. The predicted octanol–water partition coefficient (Wildman–Crippen LogP) is 1.73. The highest BCUT2D eigenvalue weighted by Gasteiger charge is 2.20. The molecular formula is C15H24N2O2S. The highest BCUT2D eigenvalue weighted by molar-refractivity contribution is 7.90. The lowest BCUT2D eigenvalue weighted by molar-refractivity contribution is 0.601. The molecule has 2 rings (SSSR count). The maximum absolute atomic E-state index is 11.2. The average Bonchev–Trinajstić information content (AvgIpc) is 3.17. The highest BCUT2D eigenvalue weighted by Crippen LogP contribution is 2.22. The number of aryl methyl sites for hydroxylation is 1. The van der Waals surface area contributed by atoms with Crippen LogP contribution >= 0.6 is 0 Å². The maximum atomic E-state index is 11.2. The van der Waals surface area contributed by atoms with E-state index < -0.39 is 9.84 Å². The van der Waals surface area contributed by atoms with Crippen molar-refractivity contribution in [3.8, 4) is 0 Å². The van der Waals surface area contributed by atoms with Gasteiger partial charge in [0.2, 0.25) is 0 Å². The first-order valence-corrected chi connectivity index (χ1v) is 9.13. The lowest BCUT2D eigenvalue weighted by Gasteiger charge is -2.21. The molecule has 112 valence electrons. The van der Waals surface area contributed by atoms with Crippen LogP contribution in [0.2, 0.25) is 0 Å². The van der Waals surface area contributed by atoms with Crippen LogP contribution in [-0.2, 0) is 16.4 Å². The number of benzene rings is 1. The molecule has 1 fully saturated rings. The van der Waals surface area contributed by atoms with Gasteiger partial charge in [0.05, 0.1) is 5.75 Å². The number of hydrogen-bond donors (Lipinski definition) is 1. The summed E-state index contributed by atoms with van der Waals surface area (Å²) in [7, 11) is -0.971. The predicted molar refractivity (Wildman–Crippen MR) is 84.0 cm³/mol. The summed E-state index contributed by atoms with van der Waals surface area (Å²) < 4.78 is 22.5. The zero-order valence-corrected chi connectivity index (χ0v) is 13.3. The molecule has 0 atom stereocenters. The van der Waals surface area contributed by atoms with Crippen LogP contribution in [0.5, 0.6) is 0 Å². The number of nitrogens with zero attached hydrogens (tertiary/aromatic N) is 1. The van der Waals surface area contributed by atoms with Gasteiger partial charge in [0, 0.05) is 38.1 Å². The summed E-state index contributed by atoms with van der Waals surface area (Å²) >= 11 is 0. The van der Waals surface area contributed by atoms with Crippen LogP contribution in [0.15, 0.2) is 18.2 Å². The fourth-order valence-electron chi connectivity index (χ4n) is 2.23. The third-order valence-corrected chi connectivity index (χ3v) is 4.57. The molecule has 0 radical (unpaired) electrons. The summed E-state index contributed by atoms with van der Waals surface area (Å²) in [6.45, 7) is 3.52. The van der Waals surface area contributed by atoms with Gasteiger partial charge >= 0.3 is 0 Å². The molecule has 5 heteroatoms. The SMILES string of the molecule is Cc1cc(CNC2CC2)ccc1N(C)CCS(C)(=O)=O. The zero-order valence-electron chi connectivity index (χ0n) is 12.5. The lowest BCUT2D eigenvalue weighted by atomic mass is 10.1. The normalized spacial score (nSPS) is 15.3. The molecule has 0 bridgehead atoms. The third kappa shape index (κ3) is 4.80. The third-order valence-electron chi connectivity index (χ3n) is 3.64. The second-order valence-corrected chi connectivity index (χ2v) is 8.09. The first-order valence-electron chi connectivity index (χ1n) is 7.07. The van der Waals surface area contributed by atoms with Crippen LogP contribution < -0.4 is 10.2 Å². The Morgan fingerprint density at radius 1 is 1.35 bits per heavy atom. The van der Waals surface area contributed by atoms with Gasteiger partial charge in [0.15, 0.2) is 0 Å². The van der Waals surface area contributed by atoms with Crippen LogP contribution in [0.25, 0.3) is 0 Å². The van der Waals surface area contributed by atoms with Crippen molar-refractivity contribution in [1.82, 2.24) is 5.32 Å². The molecule has 1 N–H and O–H groups in total. The molecular weight excluding hydrogens is 272 g/mol. The minimum absolute atomic E-state index is 0.188. The van der Waals surface area contributed by atoms with Crippen molar-refractivity contribution in [3.05, 3.63) is 29.3 Å². The molecule has 1 aromatic carbocycles. The molecule has 0 spiro atoms. The van der Waals surface area contributed by atoms with E-state index in [1.807, 2.05) is 11.9 Å². The van der Waals surface area contributed by atoms with Crippen molar-refractivity contribution in [3.63, 3.8) is 0 Å². The van der Waals surface area contributed by atoms with Crippen molar-refractivity contribution in [2.75, 3.05) is 30.5 Å². The Hall–Kier alpha value is -1.07. The van der Waals surface area contributed by atoms with Gasteiger partial charge in [-0.15, -0.1) is 0 Å². The van der Waals surface area contributed by atoms with Crippen LogP contribution in [-0.4, -0.2) is 40.1 Å². The van der Waals surface area contributed by atoms with E-state index in [1.165, 1.54) is 30.2 Å². The van der Waals surface area contributed by atoms with Gasteiger partial charge in [-0.3, -0.25) is 0 Å². The first-order chi connectivity index (χ1) is 9.35. The number of hydrogen-bond acceptors (Lipinski definition) is 4. The Bertz CT molecular complexity index is 565. The fourth-order valence-corrected chi connectivity index (χ4v) is 2.83. The number of anilines is 1. The second-order valence-electron chi connectivity index (χ2n) is 5.83. The largest absolute Gasteiger partial charge is 0.373 e. The van der Waals surface area contributed by atoms with E-state index in [2.05, 4.69) is 30.4 Å². The molecule has 0 unspecified atom stereocenters.